The first kappa shape index (κ1) is 39.9. The van der Waals surface area contributed by atoms with Gasteiger partial charge in [-0.3, -0.25) is 19.2 Å². The van der Waals surface area contributed by atoms with Crippen LogP contribution in [0.4, 0.5) is 0 Å². The number of ether oxygens (including phenoxy) is 1. The Morgan fingerprint density at radius 1 is 0.925 bits per heavy atom. The van der Waals surface area contributed by atoms with Crippen LogP contribution in [-0.4, -0.2) is 94.1 Å². The molecule has 1 saturated carbocycles. The van der Waals surface area contributed by atoms with E-state index in [9.17, 15) is 24.3 Å². The maximum absolute atomic E-state index is 14.5. The fourth-order valence-electron chi connectivity index (χ4n) is 8.16. The standard InChI is InChI=1S/C41H58N6O6/c1-4-33(28-11-6-5-7-12-28)39(36(48)24-37(49)44-27(2)3)46-41(52)35(23-32-25-42-26-43-32)45-40(51)31(22-38(50)47-17-19-53-20-18-47)21-30-15-10-14-29-13-8-9-16-34(29)30/h8-10,13-16,25-28,31,33,35-36,39,48H,4-7,11-12,17-24H2,1-3H3,(H,42,43)(H,44,49)(H,45,51)(H,46,52)/t31-,33?,35+,36+,39+/m1/s1. The molecule has 1 aliphatic heterocycles. The van der Waals surface area contributed by atoms with Gasteiger partial charge in [-0.1, -0.05) is 87.9 Å². The second-order valence-electron chi connectivity index (χ2n) is 15.1. The van der Waals surface area contributed by atoms with Crippen LogP contribution in [0.25, 0.3) is 10.8 Å². The van der Waals surface area contributed by atoms with Gasteiger partial charge in [-0.05, 0) is 48.4 Å². The molecular formula is C41H58N6O6. The number of morpholine rings is 1. The zero-order valence-corrected chi connectivity index (χ0v) is 31.5. The number of nitrogens with zero attached hydrogens (tertiary/aromatic N) is 2. The highest BCUT2D eigenvalue weighted by Gasteiger charge is 2.38. The summed E-state index contributed by atoms with van der Waals surface area (Å²) in [5.41, 5.74) is 1.59. The van der Waals surface area contributed by atoms with Crippen molar-refractivity contribution in [2.24, 2.45) is 17.8 Å². The molecule has 2 fully saturated rings. The number of H-pyrrole nitrogens is 1. The van der Waals surface area contributed by atoms with Gasteiger partial charge in [0.05, 0.1) is 44.0 Å². The minimum Gasteiger partial charge on any atom is -0.390 e. The van der Waals surface area contributed by atoms with Gasteiger partial charge in [0.1, 0.15) is 6.04 Å². The molecule has 288 valence electrons. The predicted octanol–water partition coefficient (Wildman–Crippen LogP) is 4.06. The molecule has 1 aromatic heterocycles. The van der Waals surface area contributed by atoms with E-state index in [1.165, 1.54) is 6.33 Å². The lowest BCUT2D eigenvalue weighted by molar-refractivity contribution is -0.140. The van der Waals surface area contributed by atoms with Gasteiger partial charge in [0.2, 0.25) is 23.6 Å². The highest BCUT2D eigenvalue weighted by Crippen LogP contribution is 2.35. The summed E-state index contributed by atoms with van der Waals surface area (Å²) in [6, 6.07) is 12.1. The van der Waals surface area contributed by atoms with E-state index < -0.39 is 35.9 Å². The van der Waals surface area contributed by atoms with Crippen molar-refractivity contribution in [1.29, 1.82) is 0 Å². The number of imidazole rings is 1. The molecule has 0 spiro atoms. The molecule has 2 aliphatic rings. The second kappa shape index (κ2) is 19.7. The van der Waals surface area contributed by atoms with Crippen molar-refractivity contribution in [3.8, 4) is 0 Å². The van der Waals surface area contributed by atoms with E-state index in [4.69, 9.17) is 4.74 Å². The molecule has 12 nitrogen and oxygen atoms in total. The van der Waals surface area contributed by atoms with E-state index in [1.54, 1.807) is 11.1 Å². The van der Waals surface area contributed by atoms with Gasteiger partial charge in [0.25, 0.3) is 0 Å². The minimum absolute atomic E-state index is 0.0284. The summed E-state index contributed by atoms with van der Waals surface area (Å²) in [5, 5.41) is 22.7. The smallest absolute Gasteiger partial charge is 0.243 e. The molecule has 1 unspecified atom stereocenters. The molecule has 0 radical (unpaired) electrons. The molecular weight excluding hydrogens is 672 g/mol. The fraction of sp³-hybridized carbons (Fsp3) is 0.585. The monoisotopic (exact) mass is 730 g/mol. The zero-order chi connectivity index (χ0) is 37.7. The maximum atomic E-state index is 14.5. The van der Waals surface area contributed by atoms with Crippen LogP contribution >= 0.6 is 0 Å². The van der Waals surface area contributed by atoms with Crippen molar-refractivity contribution in [3.05, 3.63) is 66.2 Å². The molecule has 5 N–H and O–H groups in total. The second-order valence-corrected chi connectivity index (χ2v) is 15.1. The number of fused-ring (bicyclic) bond motifs is 1. The van der Waals surface area contributed by atoms with Crippen molar-refractivity contribution in [2.45, 2.75) is 109 Å². The number of aromatic nitrogens is 2. The van der Waals surface area contributed by atoms with Gasteiger partial charge >= 0.3 is 0 Å². The molecule has 3 aromatic rings. The van der Waals surface area contributed by atoms with Gasteiger partial charge in [-0.2, -0.15) is 0 Å². The SMILES string of the molecule is CCC(C1CCCCC1)[C@H](NC(=O)[C@H](Cc1cnc[nH]1)NC(=O)[C@@H](CC(=O)N1CCOCC1)Cc1cccc2ccccc12)[C@@H](O)CC(=O)NC(C)C. The Labute approximate surface area is 313 Å². The van der Waals surface area contributed by atoms with Crippen LogP contribution in [0, 0.1) is 17.8 Å². The number of aliphatic hydroxyl groups excluding tert-OH is 1. The summed E-state index contributed by atoms with van der Waals surface area (Å²) in [7, 11) is 0. The molecule has 1 aliphatic carbocycles. The maximum Gasteiger partial charge on any atom is 0.243 e. The van der Waals surface area contributed by atoms with Gasteiger partial charge in [-0.15, -0.1) is 0 Å². The number of hydrogen-bond acceptors (Lipinski definition) is 7. The number of aliphatic hydroxyl groups is 1. The van der Waals surface area contributed by atoms with Crippen LogP contribution < -0.4 is 16.0 Å². The Morgan fingerprint density at radius 2 is 1.66 bits per heavy atom. The van der Waals surface area contributed by atoms with Crippen LogP contribution in [0.5, 0.6) is 0 Å². The van der Waals surface area contributed by atoms with Crippen LogP contribution in [-0.2, 0) is 36.8 Å². The summed E-state index contributed by atoms with van der Waals surface area (Å²) in [4.78, 5) is 64.3. The number of nitrogens with one attached hydrogen (secondary N) is 4. The van der Waals surface area contributed by atoms with Crippen LogP contribution in [0.3, 0.4) is 0 Å². The van der Waals surface area contributed by atoms with E-state index in [0.29, 0.717) is 50.8 Å². The first-order chi connectivity index (χ1) is 25.6. The van der Waals surface area contributed by atoms with E-state index >= 15 is 0 Å². The summed E-state index contributed by atoms with van der Waals surface area (Å²) in [5.74, 6) is -1.82. The third-order valence-corrected chi connectivity index (χ3v) is 10.9. The third kappa shape index (κ3) is 11.4. The normalized spacial score (nSPS) is 18.2. The zero-order valence-electron chi connectivity index (χ0n) is 31.5. The topological polar surface area (TPSA) is 166 Å². The van der Waals surface area contributed by atoms with Crippen molar-refractivity contribution < 1.29 is 29.0 Å². The molecule has 5 atom stereocenters. The van der Waals surface area contributed by atoms with Crippen LogP contribution in [0.15, 0.2) is 55.0 Å². The lowest BCUT2D eigenvalue weighted by Gasteiger charge is -2.38. The van der Waals surface area contributed by atoms with Crippen molar-refractivity contribution in [1.82, 2.24) is 30.8 Å². The van der Waals surface area contributed by atoms with E-state index in [0.717, 1.165) is 48.4 Å². The fourth-order valence-corrected chi connectivity index (χ4v) is 8.16. The average molecular weight is 731 g/mol. The number of aromatic amines is 1. The van der Waals surface area contributed by atoms with E-state index in [2.05, 4.69) is 32.8 Å². The molecule has 1 saturated heterocycles. The molecule has 12 heteroatoms. The quantitative estimate of drug-likeness (QED) is 0.140. The van der Waals surface area contributed by atoms with Crippen molar-refractivity contribution in [2.75, 3.05) is 26.3 Å². The summed E-state index contributed by atoms with van der Waals surface area (Å²) in [6.07, 6.45) is 8.29. The van der Waals surface area contributed by atoms with Gasteiger partial charge in [0.15, 0.2) is 0 Å². The molecule has 2 aromatic carbocycles. The Hall–Kier alpha value is -4.29. The van der Waals surface area contributed by atoms with Crippen molar-refractivity contribution in [3.63, 3.8) is 0 Å². The van der Waals surface area contributed by atoms with Crippen LogP contribution in [0.1, 0.15) is 83.4 Å². The van der Waals surface area contributed by atoms with Gasteiger partial charge in [0, 0.05) is 43.9 Å². The molecule has 0 bridgehead atoms. The number of amides is 4. The van der Waals surface area contributed by atoms with Gasteiger partial charge in [-0.25, -0.2) is 4.98 Å². The number of rotatable bonds is 17. The molecule has 53 heavy (non-hydrogen) atoms. The molecule has 4 amide bonds. The highest BCUT2D eigenvalue weighted by molar-refractivity contribution is 5.92. The minimum atomic E-state index is -1.13. The first-order valence-electron chi connectivity index (χ1n) is 19.5. The highest BCUT2D eigenvalue weighted by atomic mass is 16.5. The summed E-state index contributed by atoms with van der Waals surface area (Å²) < 4.78 is 5.46. The molecule has 2 heterocycles. The Kier molecular flexibility index (Phi) is 14.8. The Morgan fingerprint density at radius 3 is 2.36 bits per heavy atom. The van der Waals surface area contributed by atoms with Crippen LogP contribution in [0.2, 0.25) is 0 Å². The summed E-state index contributed by atoms with van der Waals surface area (Å²) in [6.45, 7) is 7.62. The lowest BCUT2D eigenvalue weighted by Crippen LogP contribution is -2.57. The number of carbonyl (C=O) groups excluding carboxylic acids is 4. The lowest BCUT2D eigenvalue weighted by atomic mass is 9.73. The summed E-state index contributed by atoms with van der Waals surface area (Å²) >= 11 is 0. The predicted molar refractivity (Wildman–Crippen MR) is 204 cm³/mol. The Bertz CT molecular complexity index is 1630. The largest absolute Gasteiger partial charge is 0.390 e. The first-order valence-corrected chi connectivity index (χ1v) is 19.5. The Balaban J connectivity index is 1.42. The number of benzene rings is 2. The van der Waals surface area contributed by atoms with Crippen molar-refractivity contribution >= 4 is 34.4 Å². The third-order valence-electron chi connectivity index (χ3n) is 10.9. The average Bonchev–Trinajstić information content (AvgIpc) is 3.68. The van der Waals surface area contributed by atoms with E-state index in [-0.39, 0.29) is 43.0 Å². The van der Waals surface area contributed by atoms with E-state index in [1.807, 2.05) is 56.3 Å². The number of hydrogen-bond donors (Lipinski definition) is 5. The number of carbonyl (C=O) groups is 4. The van der Waals surface area contributed by atoms with Gasteiger partial charge < -0.3 is 35.7 Å². The molecule has 5 rings (SSSR count).